The normalized spacial score (nSPS) is 12.7. The van der Waals surface area contributed by atoms with Crippen molar-refractivity contribution >= 4 is 29.6 Å². The fourth-order valence-corrected chi connectivity index (χ4v) is 2.30. The average molecular weight is 372 g/mol. The number of aldehydes is 1. The van der Waals surface area contributed by atoms with Gasteiger partial charge in [0.1, 0.15) is 23.4 Å². The van der Waals surface area contributed by atoms with Gasteiger partial charge in [0.2, 0.25) is 5.95 Å². The number of hydrogen-bond acceptors (Lipinski definition) is 8. The lowest BCUT2D eigenvalue weighted by Gasteiger charge is -2.19. The van der Waals surface area contributed by atoms with Crippen LogP contribution < -0.4 is 26.8 Å². The van der Waals surface area contributed by atoms with Gasteiger partial charge in [-0.2, -0.15) is 4.98 Å². The molecule has 2 rings (SSSR count). The van der Waals surface area contributed by atoms with Gasteiger partial charge in [0.15, 0.2) is 0 Å². The number of nitrogens with two attached hydrogens (primary N) is 2. The zero-order valence-electron chi connectivity index (χ0n) is 15.3. The van der Waals surface area contributed by atoms with Crippen LogP contribution >= 0.6 is 0 Å². The summed E-state index contributed by atoms with van der Waals surface area (Å²) in [5.41, 5.74) is 11.8. The molecule has 0 radical (unpaired) electrons. The van der Waals surface area contributed by atoms with Crippen molar-refractivity contribution in [3.8, 4) is 5.75 Å². The Morgan fingerprint density at radius 3 is 2.81 bits per heavy atom. The van der Waals surface area contributed by atoms with Gasteiger partial charge in [0, 0.05) is 18.0 Å². The van der Waals surface area contributed by atoms with E-state index in [1.807, 2.05) is 26.0 Å². The maximum Gasteiger partial charge on any atom is 0.254 e. The maximum atomic E-state index is 11.7. The molecule has 9 heteroatoms. The number of rotatable bonds is 10. The SMILES string of the molecule is CCOc1cccc(Nc2nc(NC(C=O)C(C)CN)ncc2C(N)=O)c1. The lowest BCUT2D eigenvalue weighted by molar-refractivity contribution is -0.109. The van der Waals surface area contributed by atoms with E-state index in [4.69, 9.17) is 16.2 Å². The molecule has 0 fully saturated rings. The van der Waals surface area contributed by atoms with Crippen LogP contribution in [-0.4, -0.2) is 41.4 Å². The number of primary amides is 1. The van der Waals surface area contributed by atoms with E-state index in [-0.39, 0.29) is 23.2 Å². The zero-order chi connectivity index (χ0) is 19.8. The van der Waals surface area contributed by atoms with Gasteiger partial charge >= 0.3 is 0 Å². The summed E-state index contributed by atoms with van der Waals surface area (Å²) in [7, 11) is 0. The van der Waals surface area contributed by atoms with Crippen LogP contribution in [0.2, 0.25) is 0 Å². The lowest BCUT2D eigenvalue weighted by Crippen LogP contribution is -2.34. The van der Waals surface area contributed by atoms with Gasteiger partial charge in [0.25, 0.3) is 5.91 Å². The third-order valence-corrected chi connectivity index (χ3v) is 3.89. The molecule has 1 heterocycles. The molecule has 2 unspecified atom stereocenters. The number of nitrogens with zero attached hydrogens (tertiary/aromatic N) is 2. The van der Waals surface area contributed by atoms with E-state index in [2.05, 4.69) is 20.6 Å². The van der Waals surface area contributed by atoms with Crippen LogP contribution in [0.25, 0.3) is 0 Å². The van der Waals surface area contributed by atoms with Crippen LogP contribution in [0.4, 0.5) is 17.5 Å². The van der Waals surface area contributed by atoms with Crippen LogP contribution in [0, 0.1) is 5.92 Å². The summed E-state index contributed by atoms with van der Waals surface area (Å²) in [6.07, 6.45) is 2.06. The second-order valence-electron chi connectivity index (χ2n) is 5.93. The van der Waals surface area contributed by atoms with Gasteiger partial charge in [0.05, 0.1) is 12.6 Å². The van der Waals surface area contributed by atoms with Gasteiger partial charge < -0.3 is 31.6 Å². The molecular weight excluding hydrogens is 348 g/mol. The first kappa shape index (κ1) is 20.1. The number of carbonyl (C=O) groups excluding carboxylic acids is 2. The van der Waals surface area contributed by atoms with Crippen LogP contribution in [-0.2, 0) is 4.79 Å². The molecule has 2 atom stereocenters. The van der Waals surface area contributed by atoms with Gasteiger partial charge in [-0.3, -0.25) is 4.79 Å². The quantitative estimate of drug-likeness (QED) is 0.456. The summed E-state index contributed by atoms with van der Waals surface area (Å²) >= 11 is 0. The Balaban J connectivity index is 2.31. The van der Waals surface area contributed by atoms with Crippen molar-refractivity contribution in [3.05, 3.63) is 36.0 Å². The minimum absolute atomic E-state index is 0.110. The Labute approximate surface area is 157 Å². The molecular formula is C18H24N6O3. The Hall–Kier alpha value is -3.20. The summed E-state index contributed by atoms with van der Waals surface area (Å²) in [6.45, 7) is 4.58. The first-order chi connectivity index (χ1) is 13.0. The Morgan fingerprint density at radius 1 is 1.41 bits per heavy atom. The van der Waals surface area contributed by atoms with Gasteiger partial charge in [-0.05, 0) is 31.5 Å². The van der Waals surface area contributed by atoms with E-state index in [0.29, 0.717) is 24.6 Å². The molecule has 1 aromatic heterocycles. The van der Waals surface area contributed by atoms with E-state index >= 15 is 0 Å². The molecule has 0 aliphatic heterocycles. The number of ether oxygens (including phenoxy) is 1. The predicted octanol–water partition coefficient (Wildman–Crippen LogP) is 1.29. The Kier molecular flexibility index (Phi) is 7.07. The first-order valence-electron chi connectivity index (χ1n) is 8.57. The molecule has 0 aliphatic carbocycles. The summed E-state index contributed by atoms with van der Waals surface area (Å²) < 4.78 is 5.46. The standard InChI is InChI=1S/C18H24N6O3/c1-3-27-13-6-4-5-12(7-13)22-17-14(16(20)26)9-21-18(24-17)23-15(10-25)11(2)8-19/h4-7,9-11,15H,3,8,19H2,1-2H3,(H2,20,26)(H2,21,22,23,24). The predicted molar refractivity (Wildman–Crippen MR) is 103 cm³/mol. The van der Waals surface area contributed by atoms with Crippen LogP contribution in [0.15, 0.2) is 30.5 Å². The number of hydrogen-bond donors (Lipinski definition) is 4. The molecule has 0 saturated carbocycles. The summed E-state index contributed by atoms with van der Waals surface area (Å²) in [6, 6.07) is 6.65. The van der Waals surface area contributed by atoms with Crippen molar-refractivity contribution in [2.75, 3.05) is 23.8 Å². The van der Waals surface area contributed by atoms with Crippen molar-refractivity contribution in [2.24, 2.45) is 17.4 Å². The second-order valence-corrected chi connectivity index (χ2v) is 5.93. The molecule has 27 heavy (non-hydrogen) atoms. The van der Waals surface area contributed by atoms with Crippen LogP contribution in [0.1, 0.15) is 24.2 Å². The summed E-state index contributed by atoms with van der Waals surface area (Å²) in [5.74, 6) is 0.293. The smallest absolute Gasteiger partial charge is 0.254 e. The minimum Gasteiger partial charge on any atom is -0.494 e. The third-order valence-electron chi connectivity index (χ3n) is 3.89. The van der Waals surface area contributed by atoms with Crippen molar-refractivity contribution < 1.29 is 14.3 Å². The highest BCUT2D eigenvalue weighted by Crippen LogP contribution is 2.23. The lowest BCUT2D eigenvalue weighted by atomic mass is 10.0. The van der Waals surface area contributed by atoms with Crippen molar-refractivity contribution in [1.29, 1.82) is 0 Å². The molecule has 0 bridgehead atoms. The first-order valence-corrected chi connectivity index (χ1v) is 8.57. The number of aromatic nitrogens is 2. The van der Waals surface area contributed by atoms with Crippen molar-refractivity contribution in [1.82, 2.24) is 9.97 Å². The van der Waals surface area contributed by atoms with E-state index in [1.54, 1.807) is 12.1 Å². The van der Waals surface area contributed by atoms with Gasteiger partial charge in [-0.25, -0.2) is 4.98 Å². The molecule has 6 N–H and O–H groups in total. The highest BCUT2D eigenvalue weighted by Gasteiger charge is 2.18. The fourth-order valence-electron chi connectivity index (χ4n) is 2.30. The molecule has 0 aliphatic rings. The summed E-state index contributed by atoms with van der Waals surface area (Å²) in [4.78, 5) is 31.4. The highest BCUT2D eigenvalue weighted by molar-refractivity contribution is 5.98. The molecule has 2 aromatic rings. The Morgan fingerprint density at radius 2 is 2.19 bits per heavy atom. The average Bonchev–Trinajstić information content (AvgIpc) is 2.66. The van der Waals surface area contributed by atoms with Crippen LogP contribution in [0.5, 0.6) is 5.75 Å². The topological polar surface area (TPSA) is 145 Å². The van der Waals surface area contributed by atoms with E-state index in [0.717, 1.165) is 6.29 Å². The van der Waals surface area contributed by atoms with E-state index < -0.39 is 11.9 Å². The number of anilines is 3. The largest absolute Gasteiger partial charge is 0.494 e. The Bertz CT molecular complexity index is 798. The molecule has 144 valence electrons. The van der Waals surface area contributed by atoms with Crippen molar-refractivity contribution in [3.63, 3.8) is 0 Å². The maximum absolute atomic E-state index is 11.7. The van der Waals surface area contributed by atoms with E-state index in [9.17, 15) is 9.59 Å². The highest BCUT2D eigenvalue weighted by atomic mass is 16.5. The monoisotopic (exact) mass is 372 g/mol. The number of carbonyl (C=O) groups is 2. The third kappa shape index (κ3) is 5.38. The van der Waals surface area contributed by atoms with Gasteiger partial charge in [-0.1, -0.05) is 13.0 Å². The fraction of sp³-hybridized carbons (Fsp3) is 0.333. The minimum atomic E-state index is -0.674. The molecule has 0 saturated heterocycles. The second kappa shape index (κ2) is 9.48. The number of benzene rings is 1. The molecule has 1 amide bonds. The number of amides is 1. The molecule has 9 nitrogen and oxygen atoms in total. The summed E-state index contributed by atoms with van der Waals surface area (Å²) in [5, 5.41) is 5.96. The molecule has 0 spiro atoms. The number of nitrogens with one attached hydrogen (secondary N) is 2. The van der Waals surface area contributed by atoms with Gasteiger partial charge in [-0.15, -0.1) is 0 Å². The van der Waals surface area contributed by atoms with Crippen molar-refractivity contribution in [2.45, 2.75) is 19.9 Å². The van der Waals surface area contributed by atoms with Crippen LogP contribution in [0.3, 0.4) is 0 Å². The van der Waals surface area contributed by atoms with E-state index in [1.165, 1.54) is 6.20 Å². The zero-order valence-corrected chi connectivity index (χ0v) is 15.3. The molecule has 1 aromatic carbocycles.